The fourth-order valence-corrected chi connectivity index (χ4v) is 4.62. The Morgan fingerprint density at radius 2 is 2.13 bits per heavy atom. The maximum Gasteiger partial charge on any atom is 0.287 e. The van der Waals surface area contributed by atoms with E-state index in [9.17, 15) is 14.9 Å². The molecule has 0 spiro atoms. The number of nitro groups is 1. The van der Waals surface area contributed by atoms with E-state index in [0.717, 1.165) is 6.42 Å². The van der Waals surface area contributed by atoms with Crippen LogP contribution in [0.2, 0.25) is 0 Å². The van der Waals surface area contributed by atoms with Gasteiger partial charge in [0.05, 0.1) is 4.92 Å². The maximum atomic E-state index is 11.3. The van der Waals surface area contributed by atoms with Gasteiger partial charge in [-0.05, 0) is 43.0 Å². The molecule has 2 atom stereocenters. The van der Waals surface area contributed by atoms with Gasteiger partial charge < -0.3 is 11.5 Å². The minimum Gasteiger partial charge on any atom is -0.370 e. The Morgan fingerprint density at radius 1 is 1.48 bits per heavy atom. The predicted molar refractivity (Wildman–Crippen MR) is 94.0 cm³/mol. The third-order valence-corrected chi connectivity index (χ3v) is 6.85. The Morgan fingerprint density at radius 3 is 2.57 bits per heavy atom. The fourth-order valence-electron chi connectivity index (χ4n) is 2.16. The number of primary amides is 1. The highest BCUT2D eigenvalue weighted by molar-refractivity contribution is 8.77. The zero-order valence-corrected chi connectivity index (χ0v) is 15.0. The van der Waals surface area contributed by atoms with Crippen LogP contribution < -0.4 is 11.5 Å². The lowest BCUT2D eigenvalue weighted by molar-refractivity contribution is -0.385. The largest absolute Gasteiger partial charge is 0.370 e. The van der Waals surface area contributed by atoms with Gasteiger partial charge in [0.1, 0.15) is 11.2 Å². The molecule has 0 saturated carbocycles. The first kappa shape index (κ1) is 19.7. The van der Waals surface area contributed by atoms with Gasteiger partial charge in [-0.1, -0.05) is 17.7 Å². The average molecular weight is 358 g/mol. The van der Waals surface area contributed by atoms with Gasteiger partial charge in [0.15, 0.2) is 0 Å². The van der Waals surface area contributed by atoms with Crippen molar-refractivity contribution in [2.75, 3.05) is 0 Å². The molecule has 0 aliphatic carbocycles. The van der Waals surface area contributed by atoms with E-state index < -0.39 is 4.92 Å². The molecule has 23 heavy (non-hydrogen) atoms. The van der Waals surface area contributed by atoms with Gasteiger partial charge in [0.2, 0.25) is 5.91 Å². The van der Waals surface area contributed by atoms with Crippen molar-refractivity contribution in [1.82, 2.24) is 4.98 Å². The number of carbonyl (C=O) groups is 1. The summed E-state index contributed by atoms with van der Waals surface area (Å²) in [5, 5.41) is 11.3. The van der Waals surface area contributed by atoms with Gasteiger partial charge >= 0.3 is 0 Å². The Kier molecular flexibility index (Phi) is 7.30. The van der Waals surface area contributed by atoms with Crippen LogP contribution in [0.15, 0.2) is 23.4 Å². The minimum atomic E-state index is -0.484. The summed E-state index contributed by atoms with van der Waals surface area (Å²) < 4.78 is -0.307. The first-order chi connectivity index (χ1) is 10.7. The van der Waals surface area contributed by atoms with Crippen LogP contribution in [0, 0.1) is 16.0 Å². The molecule has 2 unspecified atom stereocenters. The van der Waals surface area contributed by atoms with Gasteiger partial charge in [-0.15, -0.1) is 0 Å². The molecule has 0 saturated heterocycles. The van der Waals surface area contributed by atoms with Gasteiger partial charge in [-0.2, -0.15) is 0 Å². The molecule has 0 bridgehead atoms. The third kappa shape index (κ3) is 6.00. The number of carbonyl (C=O) groups excluding carboxylic acids is 1. The number of rotatable bonds is 9. The molecule has 0 radical (unpaired) electrons. The lowest BCUT2D eigenvalue weighted by Crippen LogP contribution is -2.43. The number of aromatic nitrogens is 1. The summed E-state index contributed by atoms with van der Waals surface area (Å²) >= 11 is 0. The summed E-state index contributed by atoms with van der Waals surface area (Å²) in [6.45, 7) is 6.00. The molecular formula is C14H22N4O3S2. The lowest BCUT2D eigenvalue weighted by Gasteiger charge is -2.36. The van der Waals surface area contributed by atoms with Crippen LogP contribution in [0.4, 0.5) is 5.69 Å². The van der Waals surface area contributed by atoms with Crippen molar-refractivity contribution in [3.8, 4) is 0 Å². The van der Waals surface area contributed by atoms with Gasteiger partial charge in [0.25, 0.3) is 5.69 Å². The Balaban J connectivity index is 2.78. The SMILES string of the molecule is CCC(N)C(CC(N)=O)C(C)(C)SSc1ccc([N+](=O)[O-])cn1. The molecule has 4 N–H and O–H groups in total. The summed E-state index contributed by atoms with van der Waals surface area (Å²) in [6, 6.07) is 2.89. The molecule has 1 aromatic heterocycles. The molecule has 0 fully saturated rings. The maximum absolute atomic E-state index is 11.3. The lowest BCUT2D eigenvalue weighted by atomic mass is 9.84. The predicted octanol–water partition coefficient (Wildman–Crippen LogP) is 2.74. The summed E-state index contributed by atoms with van der Waals surface area (Å²) in [6.07, 6.45) is 2.21. The first-order valence-electron chi connectivity index (χ1n) is 7.17. The van der Waals surface area contributed by atoms with Crippen molar-refractivity contribution in [1.29, 1.82) is 0 Å². The number of nitrogens with two attached hydrogens (primary N) is 2. The van der Waals surface area contributed by atoms with Crippen molar-refractivity contribution in [2.24, 2.45) is 17.4 Å². The second-order valence-electron chi connectivity index (χ2n) is 5.73. The van der Waals surface area contributed by atoms with Crippen LogP contribution >= 0.6 is 21.6 Å². The number of pyridine rings is 1. The number of hydrogen-bond donors (Lipinski definition) is 2. The van der Waals surface area contributed by atoms with Gasteiger partial charge in [-0.25, -0.2) is 4.98 Å². The van der Waals surface area contributed by atoms with Crippen LogP contribution in [0.3, 0.4) is 0 Å². The minimum absolute atomic E-state index is 0.0433. The van der Waals surface area contributed by atoms with Crippen LogP contribution in [0.5, 0.6) is 0 Å². The van der Waals surface area contributed by atoms with Crippen molar-refractivity contribution in [2.45, 2.75) is 49.4 Å². The van der Waals surface area contributed by atoms with Crippen LogP contribution in [-0.4, -0.2) is 26.6 Å². The highest BCUT2D eigenvalue weighted by Gasteiger charge is 2.35. The molecule has 1 heterocycles. The summed E-state index contributed by atoms with van der Waals surface area (Å²) in [4.78, 5) is 25.5. The zero-order chi connectivity index (χ0) is 17.6. The average Bonchev–Trinajstić information content (AvgIpc) is 2.50. The second kappa shape index (κ2) is 8.51. The third-order valence-electron chi connectivity index (χ3n) is 3.58. The fraction of sp³-hybridized carbons (Fsp3) is 0.571. The molecule has 0 aromatic carbocycles. The van der Waals surface area contributed by atoms with E-state index in [1.165, 1.54) is 33.9 Å². The molecule has 7 nitrogen and oxygen atoms in total. The normalized spacial score (nSPS) is 14.3. The van der Waals surface area contributed by atoms with E-state index in [1.54, 1.807) is 6.07 Å². The molecule has 9 heteroatoms. The summed E-state index contributed by atoms with van der Waals surface area (Å²) in [5.41, 5.74) is 11.5. The Hall–Kier alpha value is -1.32. The van der Waals surface area contributed by atoms with E-state index in [2.05, 4.69) is 4.98 Å². The smallest absolute Gasteiger partial charge is 0.287 e. The van der Waals surface area contributed by atoms with Crippen LogP contribution in [0.25, 0.3) is 0 Å². The highest BCUT2D eigenvalue weighted by atomic mass is 33.1. The quantitative estimate of drug-likeness (QED) is 0.395. The van der Waals surface area contributed by atoms with E-state index in [1.807, 2.05) is 20.8 Å². The standard InChI is InChI=1S/C14H22N4O3S2/c1-4-11(15)10(7-12(16)19)14(2,3)23-22-13-6-5-9(8-17-13)18(20)21/h5-6,8,10-11H,4,7,15H2,1-3H3,(H2,16,19). The summed E-state index contributed by atoms with van der Waals surface area (Å²) in [7, 11) is 2.94. The molecule has 128 valence electrons. The van der Waals surface area contributed by atoms with Crippen molar-refractivity contribution in [3.63, 3.8) is 0 Å². The number of nitrogens with zero attached hydrogens (tertiary/aromatic N) is 2. The van der Waals surface area contributed by atoms with Crippen LogP contribution in [0.1, 0.15) is 33.6 Å². The number of hydrogen-bond acceptors (Lipinski definition) is 7. The monoisotopic (exact) mass is 358 g/mol. The van der Waals surface area contributed by atoms with Crippen LogP contribution in [-0.2, 0) is 4.79 Å². The molecule has 0 aliphatic heterocycles. The van der Waals surface area contributed by atoms with E-state index in [-0.39, 0.29) is 34.7 Å². The highest BCUT2D eigenvalue weighted by Crippen LogP contribution is 2.46. The van der Waals surface area contributed by atoms with Crippen molar-refractivity contribution in [3.05, 3.63) is 28.4 Å². The molecule has 1 aromatic rings. The molecular weight excluding hydrogens is 336 g/mol. The van der Waals surface area contributed by atoms with E-state index in [4.69, 9.17) is 11.5 Å². The number of amides is 1. The zero-order valence-electron chi connectivity index (χ0n) is 13.4. The Bertz CT molecular complexity index is 551. The van der Waals surface area contributed by atoms with E-state index in [0.29, 0.717) is 5.03 Å². The molecule has 1 rings (SSSR count). The van der Waals surface area contributed by atoms with Crippen molar-refractivity contribution >= 4 is 33.2 Å². The van der Waals surface area contributed by atoms with Crippen molar-refractivity contribution < 1.29 is 9.72 Å². The second-order valence-corrected chi connectivity index (χ2v) is 8.53. The Labute approximate surface area is 143 Å². The molecule has 0 aliphatic rings. The van der Waals surface area contributed by atoms with Gasteiger partial charge in [0, 0.05) is 23.3 Å². The first-order valence-corrected chi connectivity index (χ1v) is 9.32. The van der Waals surface area contributed by atoms with E-state index >= 15 is 0 Å². The topological polar surface area (TPSA) is 125 Å². The summed E-state index contributed by atoms with van der Waals surface area (Å²) in [5.74, 6) is -0.438. The molecule has 1 amide bonds. The van der Waals surface area contributed by atoms with Gasteiger partial charge in [-0.3, -0.25) is 14.9 Å².